The minimum Gasteiger partial charge on any atom is -0.315 e. The lowest BCUT2D eigenvalue weighted by Gasteiger charge is -2.20. The summed E-state index contributed by atoms with van der Waals surface area (Å²) in [6.07, 6.45) is 2.73. The zero-order chi connectivity index (χ0) is 13.2. The zero-order valence-electron chi connectivity index (χ0n) is 10.4. The predicted octanol–water partition coefficient (Wildman–Crippen LogP) is 2.62. The largest absolute Gasteiger partial charge is 0.315 e. The Labute approximate surface area is 113 Å². The molecule has 0 heterocycles. The van der Waals surface area contributed by atoms with E-state index in [1.54, 1.807) is 30.1 Å². The van der Waals surface area contributed by atoms with Crippen LogP contribution in [0.1, 0.15) is 24.8 Å². The smallest absolute Gasteiger partial charge is 0.227 e. The third-order valence-corrected chi connectivity index (χ3v) is 4.23. The molecule has 4 heteroatoms. The van der Waals surface area contributed by atoms with Gasteiger partial charge in [0.05, 0.1) is 11.6 Å². The summed E-state index contributed by atoms with van der Waals surface area (Å²) in [6.45, 7) is 0. The average molecular weight is 260 g/mol. The molecule has 1 fully saturated rings. The van der Waals surface area contributed by atoms with Gasteiger partial charge in [-0.15, -0.1) is 0 Å². The highest BCUT2D eigenvalue weighted by molar-refractivity contribution is 7.80. The van der Waals surface area contributed by atoms with E-state index >= 15 is 0 Å². The predicted molar refractivity (Wildman–Crippen MR) is 74.7 cm³/mol. The number of hydrogen-bond donors (Lipinski definition) is 1. The summed E-state index contributed by atoms with van der Waals surface area (Å²) in [5.74, 6) is 0.863. The molecule has 18 heavy (non-hydrogen) atoms. The van der Waals surface area contributed by atoms with Crippen LogP contribution in [0, 0.1) is 16.7 Å². The van der Waals surface area contributed by atoms with E-state index < -0.39 is 0 Å². The molecular weight excluding hydrogens is 244 g/mol. The third-order valence-electron chi connectivity index (χ3n) is 3.56. The molecule has 3 nitrogen and oxygen atoms in total. The molecule has 1 saturated carbocycles. The van der Waals surface area contributed by atoms with Crippen LogP contribution in [0.25, 0.3) is 0 Å². The second-order valence-electron chi connectivity index (χ2n) is 4.95. The van der Waals surface area contributed by atoms with Crippen LogP contribution in [0.5, 0.6) is 0 Å². The number of rotatable bonds is 4. The maximum Gasteiger partial charge on any atom is 0.227 e. The first-order valence-electron chi connectivity index (χ1n) is 5.98. The van der Waals surface area contributed by atoms with E-state index in [9.17, 15) is 4.79 Å². The van der Waals surface area contributed by atoms with E-state index in [0.717, 1.165) is 24.3 Å². The van der Waals surface area contributed by atoms with Crippen molar-refractivity contribution in [1.82, 2.24) is 0 Å². The zero-order valence-corrected chi connectivity index (χ0v) is 11.3. The molecule has 0 N–H and O–H groups in total. The van der Waals surface area contributed by atoms with Gasteiger partial charge in [-0.1, -0.05) is 6.07 Å². The lowest BCUT2D eigenvalue weighted by Crippen LogP contribution is -2.29. The molecule has 0 unspecified atom stereocenters. The van der Waals surface area contributed by atoms with E-state index in [1.165, 1.54) is 0 Å². The average Bonchev–Trinajstić information content (AvgIpc) is 3.18. The van der Waals surface area contributed by atoms with Gasteiger partial charge in [0.15, 0.2) is 0 Å². The Bertz CT molecular complexity index is 503. The fraction of sp³-hybridized carbons (Fsp3) is 0.429. The number of carbonyl (C=O) groups is 1. The Balaban J connectivity index is 2.08. The van der Waals surface area contributed by atoms with Gasteiger partial charge in [-0.25, -0.2) is 0 Å². The van der Waals surface area contributed by atoms with E-state index in [-0.39, 0.29) is 11.3 Å². The van der Waals surface area contributed by atoms with Gasteiger partial charge in [-0.05, 0) is 42.2 Å². The maximum absolute atomic E-state index is 12.2. The topological polar surface area (TPSA) is 44.1 Å². The van der Waals surface area contributed by atoms with Crippen molar-refractivity contribution in [2.45, 2.75) is 19.3 Å². The van der Waals surface area contributed by atoms with E-state index in [0.29, 0.717) is 12.0 Å². The fourth-order valence-electron chi connectivity index (χ4n) is 1.94. The van der Waals surface area contributed by atoms with Crippen molar-refractivity contribution < 1.29 is 4.79 Å². The van der Waals surface area contributed by atoms with Crippen molar-refractivity contribution in [3.05, 3.63) is 29.8 Å². The number of hydrogen-bond acceptors (Lipinski definition) is 3. The van der Waals surface area contributed by atoms with Crippen molar-refractivity contribution in [2.24, 2.45) is 5.41 Å². The minimum atomic E-state index is 0.0941. The molecule has 1 amide bonds. The lowest BCUT2D eigenvalue weighted by molar-refractivity contribution is -0.119. The summed E-state index contributed by atoms with van der Waals surface area (Å²) in [5.41, 5.74) is 1.47. The first-order chi connectivity index (χ1) is 8.60. The van der Waals surface area contributed by atoms with Gasteiger partial charge in [0.1, 0.15) is 0 Å². The molecule has 0 aromatic heterocycles. The number of nitriles is 1. The molecule has 0 radical (unpaired) electrons. The van der Waals surface area contributed by atoms with E-state index in [1.807, 2.05) is 6.07 Å². The van der Waals surface area contributed by atoms with Crippen LogP contribution < -0.4 is 4.90 Å². The first-order valence-corrected chi connectivity index (χ1v) is 6.61. The third kappa shape index (κ3) is 2.68. The Morgan fingerprint density at radius 3 is 2.83 bits per heavy atom. The maximum atomic E-state index is 12.2. The molecule has 0 saturated heterocycles. The van der Waals surface area contributed by atoms with Crippen molar-refractivity contribution in [3.63, 3.8) is 0 Å². The van der Waals surface area contributed by atoms with Crippen molar-refractivity contribution >= 4 is 24.2 Å². The fourth-order valence-corrected chi connectivity index (χ4v) is 2.36. The van der Waals surface area contributed by atoms with Gasteiger partial charge < -0.3 is 4.90 Å². The summed E-state index contributed by atoms with van der Waals surface area (Å²) in [4.78, 5) is 13.8. The van der Waals surface area contributed by atoms with E-state index in [2.05, 4.69) is 18.7 Å². The second-order valence-corrected chi connectivity index (χ2v) is 5.27. The molecule has 0 bridgehead atoms. The standard InChI is InChI=1S/C14H16N2OS/c1-16(12-4-2-3-11(7-12)9-15)13(17)8-14(10-18)5-6-14/h2-4,7,18H,5-6,8,10H2,1H3. The molecule has 2 rings (SSSR count). The molecule has 1 aromatic rings. The van der Waals surface area contributed by atoms with Gasteiger partial charge in [-0.3, -0.25) is 4.79 Å². The molecule has 1 aliphatic carbocycles. The highest BCUT2D eigenvalue weighted by atomic mass is 32.1. The van der Waals surface area contributed by atoms with Gasteiger partial charge in [0.2, 0.25) is 5.91 Å². The number of anilines is 1. The number of nitrogens with zero attached hydrogens (tertiary/aromatic N) is 2. The van der Waals surface area contributed by atoms with Crippen LogP contribution >= 0.6 is 12.6 Å². The van der Waals surface area contributed by atoms with Crippen molar-refractivity contribution in [3.8, 4) is 6.07 Å². The van der Waals surface area contributed by atoms with Gasteiger partial charge >= 0.3 is 0 Å². The second kappa shape index (κ2) is 5.03. The number of amides is 1. The lowest BCUT2D eigenvalue weighted by atomic mass is 10.0. The van der Waals surface area contributed by atoms with Crippen molar-refractivity contribution in [2.75, 3.05) is 17.7 Å². The number of carbonyl (C=O) groups excluding carboxylic acids is 1. The van der Waals surface area contributed by atoms with Crippen LogP contribution in [0.2, 0.25) is 0 Å². The van der Waals surface area contributed by atoms with Gasteiger partial charge in [-0.2, -0.15) is 17.9 Å². The highest BCUT2D eigenvalue weighted by Crippen LogP contribution is 2.49. The highest BCUT2D eigenvalue weighted by Gasteiger charge is 2.43. The molecule has 0 spiro atoms. The molecule has 1 aliphatic rings. The Morgan fingerprint density at radius 2 is 2.28 bits per heavy atom. The first kappa shape index (κ1) is 13.0. The summed E-state index contributed by atoms with van der Waals surface area (Å²) < 4.78 is 0. The monoisotopic (exact) mass is 260 g/mol. The Kier molecular flexibility index (Phi) is 3.63. The minimum absolute atomic E-state index is 0.0941. The van der Waals surface area contributed by atoms with Crippen LogP contribution in [-0.4, -0.2) is 18.7 Å². The van der Waals surface area contributed by atoms with Crippen LogP contribution in [0.4, 0.5) is 5.69 Å². The van der Waals surface area contributed by atoms with Crippen LogP contribution in [0.3, 0.4) is 0 Å². The summed E-state index contributed by atoms with van der Waals surface area (Å²) in [7, 11) is 1.76. The Hall–Kier alpha value is -1.47. The number of thiol groups is 1. The summed E-state index contributed by atoms with van der Waals surface area (Å²) in [5, 5.41) is 8.85. The molecule has 0 atom stereocenters. The summed E-state index contributed by atoms with van der Waals surface area (Å²) >= 11 is 4.31. The van der Waals surface area contributed by atoms with Crippen LogP contribution in [-0.2, 0) is 4.79 Å². The SMILES string of the molecule is CN(C(=O)CC1(CS)CC1)c1cccc(C#N)c1. The Morgan fingerprint density at radius 1 is 1.56 bits per heavy atom. The van der Waals surface area contributed by atoms with Gasteiger partial charge in [0, 0.05) is 19.2 Å². The molecule has 1 aromatic carbocycles. The molecule has 0 aliphatic heterocycles. The van der Waals surface area contributed by atoms with Crippen molar-refractivity contribution in [1.29, 1.82) is 5.26 Å². The summed E-state index contributed by atoms with van der Waals surface area (Å²) in [6, 6.07) is 9.19. The van der Waals surface area contributed by atoms with Gasteiger partial charge in [0.25, 0.3) is 0 Å². The quantitative estimate of drug-likeness (QED) is 0.846. The van der Waals surface area contributed by atoms with E-state index in [4.69, 9.17) is 5.26 Å². The number of benzene rings is 1. The van der Waals surface area contributed by atoms with Crippen LogP contribution in [0.15, 0.2) is 24.3 Å². The molecule has 94 valence electrons. The molecular formula is C14H16N2OS. The normalized spacial score (nSPS) is 15.8.